The maximum atomic E-state index is 12.5. The maximum Gasteiger partial charge on any atom is 0.240 e. The number of allylic oxidation sites excluding steroid dienone is 2. The fourth-order valence-electron chi connectivity index (χ4n) is 3.79. The summed E-state index contributed by atoms with van der Waals surface area (Å²) in [5.41, 5.74) is 16.7. The highest BCUT2D eigenvalue weighted by Gasteiger charge is 2.40. The predicted molar refractivity (Wildman–Crippen MR) is 99.5 cm³/mol. The molecule has 1 saturated heterocycles. The Morgan fingerprint density at radius 3 is 2.50 bits per heavy atom. The second-order valence-corrected chi connectivity index (χ2v) is 7.73. The van der Waals surface area contributed by atoms with Gasteiger partial charge in [0, 0.05) is 12.5 Å². The lowest BCUT2D eigenvalue weighted by atomic mass is 10.0. The third-order valence-corrected chi connectivity index (χ3v) is 5.57. The summed E-state index contributed by atoms with van der Waals surface area (Å²) >= 11 is 0. The summed E-state index contributed by atoms with van der Waals surface area (Å²) in [5, 5.41) is 0. The molecule has 0 aromatic carbocycles. The Labute approximate surface area is 155 Å². The van der Waals surface area contributed by atoms with Crippen molar-refractivity contribution in [1.29, 1.82) is 0 Å². The lowest BCUT2D eigenvalue weighted by Crippen LogP contribution is -2.51. The zero-order valence-corrected chi connectivity index (χ0v) is 15.6. The maximum absolute atomic E-state index is 12.5. The molecular formula is C19H32N4O3. The van der Waals surface area contributed by atoms with Crippen molar-refractivity contribution in [1.82, 2.24) is 4.90 Å². The first-order chi connectivity index (χ1) is 12.3. The highest BCUT2D eigenvalue weighted by Crippen LogP contribution is 2.39. The van der Waals surface area contributed by atoms with Crippen LogP contribution in [0.4, 0.5) is 0 Å². The minimum absolute atomic E-state index is 0.0350. The second kappa shape index (κ2) is 9.16. The van der Waals surface area contributed by atoms with Crippen molar-refractivity contribution in [2.45, 2.75) is 64.0 Å². The fraction of sp³-hybridized carbons (Fsp3) is 0.737. The first kappa shape index (κ1) is 20.4. The van der Waals surface area contributed by atoms with Crippen LogP contribution in [0, 0.1) is 17.8 Å². The molecule has 0 bridgehead atoms. The van der Waals surface area contributed by atoms with E-state index >= 15 is 0 Å². The summed E-state index contributed by atoms with van der Waals surface area (Å²) in [6, 6.07) is -1.09. The lowest BCUT2D eigenvalue weighted by Gasteiger charge is -2.27. The monoisotopic (exact) mass is 364 g/mol. The molecule has 1 saturated carbocycles. The molecule has 2 fully saturated rings. The molecule has 7 nitrogen and oxygen atoms in total. The quantitative estimate of drug-likeness (QED) is 0.388. The highest BCUT2D eigenvalue weighted by atomic mass is 16.2. The molecule has 1 heterocycles. The minimum Gasteiger partial charge on any atom is -0.369 e. The number of rotatable bonds is 10. The molecule has 5 atom stereocenters. The van der Waals surface area contributed by atoms with Crippen molar-refractivity contribution in [3.05, 3.63) is 12.2 Å². The molecule has 0 spiro atoms. The van der Waals surface area contributed by atoms with E-state index in [1.165, 1.54) is 0 Å². The number of amides is 3. The van der Waals surface area contributed by atoms with Crippen molar-refractivity contribution < 1.29 is 14.4 Å². The van der Waals surface area contributed by atoms with E-state index in [1.807, 2.05) is 6.92 Å². The molecule has 146 valence electrons. The van der Waals surface area contributed by atoms with Crippen LogP contribution in [-0.4, -0.2) is 41.2 Å². The Kier molecular flexibility index (Phi) is 7.20. The molecule has 0 radical (unpaired) electrons. The molecule has 0 aromatic heterocycles. The largest absolute Gasteiger partial charge is 0.369 e. The minimum atomic E-state index is -0.569. The van der Waals surface area contributed by atoms with Gasteiger partial charge in [-0.3, -0.25) is 14.4 Å². The Morgan fingerprint density at radius 2 is 1.88 bits per heavy atom. The van der Waals surface area contributed by atoms with E-state index in [4.69, 9.17) is 17.2 Å². The standard InChI is InChI=1S/C19H32N4O3/c1-12-9-10-23(16(12)18(22)25)19(26)15(20)8-6-4-2-3-5-7-13-11-14(13)17(21)24/h5,7,12-16H,2-4,6,8-11,20H2,1H3,(H2,21,24)(H2,22,25). The molecule has 2 rings (SSSR count). The van der Waals surface area contributed by atoms with Gasteiger partial charge in [0.1, 0.15) is 6.04 Å². The van der Waals surface area contributed by atoms with Gasteiger partial charge in [-0.1, -0.05) is 31.9 Å². The van der Waals surface area contributed by atoms with Crippen LogP contribution in [0.25, 0.3) is 0 Å². The summed E-state index contributed by atoms with van der Waals surface area (Å²) in [6.45, 7) is 2.49. The topological polar surface area (TPSA) is 133 Å². The molecule has 6 N–H and O–H groups in total. The number of carbonyl (C=O) groups is 3. The van der Waals surface area contributed by atoms with E-state index in [0.29, 0.717) is 18.9 Å². The second-order valence-electron chi connectivity index (χ2n) is 7.73. The molecule has 3 amide bonds. The van der Waals surface area contributed by atoms with Gasteiger partial charge >= 0.3 is 0 Å². The number of carbonyl (C=O) groups excluding carboxylic acids is 3. The molecule has 2 aliphatic rings. The fourth-order valence-corrected chi connectivity index (χ4v) is 3.79. The number of nitrogens with zero attached hydrogens (tertiary/aromatic N) is 1. The van der Waals surface area contributed by atoms with Crippen molar-refractivity contribution in [3.8, 4) is 0 Å². The van der Waals surface area contributed by atoms with Crippen molar-refractivity contribution in [3.63, 3.8) is 0 Å². The van der Waals surface area contributed by atoms with Crippen molar-refractivity contribution in [2.24, 2.45) is 35.0 Å². The van der Waals surface area contributed by atoms with Gasteiger partial charge < -0.3 is 22.1 Å². The molecule has 1 aliphatic heterocycles. The van der Waals surface area contributed by atoms with E-state index in [9.17, 15) is 14.4 Å². The van der Waals surface area contributed by atoms with Gasteiger partial charge in [0.2, 0.25) is 17.7 Å². The van der Waals surface area contributed by atoms with E-state index in [2.05, 4.69) is 12.2 Å². The Morgan fingerprint density at radius 1 is 1.15 bits per heavy atom. The van der Waals surface area contributed by atoms with Gasteiger partial charge in [-0.25, -0.2) is 0 Å². The summed E-state index contributed by atoms with van der Waals surface area (Å²) in [6.07, 6.45) is 10.3. The predicted octanol–water partition coefficient (Wildman–Crippen LogP) is 0.664. The number of primary amides is 2. The van der Waals surface area contributed by atoms with Gasteiger partial charge in [0.25, 0.3) is 0 Å². The SMILES string of the molecule is CC1CCN(C(=O)C(N)CCCCCC=CC2CC2C(N)=O)C1C(N)=O. The zero-order chi connectivity index (χ0) is 19.3. The van der Waals surface area contributed by atoms with Crippen LogP contribution < -0.4 is 17.2 Å². The summed E-state index contributed by atoms with van der Waals surface area (Å²) in [4.78, 5) is 36.6. The van der Waals surface area contributed by atoms with Crippen LogP contribution in [0.3, 0.4) is 0 Å². The van der Waals surface area contributed by atoms with Gasteiger partial charge in [-0.15, -0.1) is 0 Å². The van der Waals surface area contributed by atoms with Crippen LogP contribution >= 0.6 is 0 Å². The van der Waals surface area contributed by atoms with Gasteiger partial charge in [0.05, 0.1) is 6.04 Å². The lowest BCUT2D eigenvalue weighted by molar-refractivity contribution is -0.139. The van der Waals surface area contributed by atoms with Crippen molar-refractivity contribution >= 4 is 17.7 Å². The molecule has 7 heteroatoms. The molecule has 5 unspecified atom stereocenters. The average molecular weight is 364 g/mol. The number of hydrogen-bond acceptors (Lipinski definition) is 4. The summed E-state index contributed by atoms with van der Waals surface area (Å²) < 4.78 is 0. The van der Waals surface area contributed by atoms with Crippen molar-refractivity contribution in [2.75, 3.05) is 6.54 Å². The Hall–Kier alpha value is -1.89. The van der Waals surface area contributed by atoms with Gasteiger partial charge in [-0.05, 0) is 43.9 Å². The van der Waals surface area contributed by atoms with Crippen LogP contribution in [0.2, 0.25) is 0 Å². The van der Waals surface area contributed by atoms with Crippen LogP contribution in [-0.2, 0) is 14.4 Å². The molecule has 0 aromatic rings. The smallest absolute Gasteiger partial charge is 0.240 e. The first-order valence-corrected chi connectivity index (χ1v) is 9.64. The number of nitrogens with two attached hydrogens (primary N) is 3. The molecular weight excluding hydrogens is 332 g/mol. The Balaban J connectivity index is 1.60. The van der Waals surface area contributed by atoms with E-state index in [1.54, 1.807) is 4.90 Å². The van der Waals surface area contributed by atoms with Gasteiger partial charge in [0.15, 0.2) is 0 Å². The number of hydrogen-bond donors (Lipinski definition) is 3. The molecule has 1 aliphatic carbocycles. The average Bonchev–Trinajstić information content (AvgIpc) is 3.26. The number of unbranched alkanes of at least 4 members (excludes halogenated alkanes) is 3. The first-order valence-electron chi connectivity index (χ1n) is 9.64. The number of likely N-dealkylation sites (tertiary alicyclic amines) is 1. The van der Waals surface area contributed by atoms with Gasteiger partial charge in [-0.2, -0.15) is 0 Å². The van der Waals surface area contributed by atoms with E-state index in [0.717, 1.165) is 38.5 Å². The zero-order valence-electron chi connectivity index (χ0n) is 15.6. The normalized spacial score (nSPS) is 29.1. The third kappa shape index (κ3) is 5.30. The van der Waals surface area contributed by atoms with Crippen LogP contribution in [0.5, 0.6) is 0 Å². The van der Waals surface area contributed by atoms with Crippen LogP contribution in [0.15, 0.2) is 12.2 Å². The summed E-state index contributed by atoms with van der Waals surface area (Å²) in [5.74, 6) is -0.353. The van der Waals surface area contributed by atoms with Crippen LogP contribution in [0.1, 0.15) is 51.9 Å². The Bertz CT molecular complexity index is 563. The summed E-state index contributed by atoms with van der Waals surface area (Å²) in [7, 11) is 0. The van der Waals surface area contributed by atoms with E-state index < -0.39 is 18.0 Å². The third-order valence-electron chi connectivity index (χ3n) is 5.57. The highest BCUT2D eigenvalue weighted by molar-refractivity contribution is 5.89. The van der Waals surface area contributed by atoms with E-state index in [-0.39, 0.29) is 23.7 Å². The molecule has 26 heavy (non-hydrogen) atoms.